The van der Waals surface area contributed by atoms with Crippen LogP contribution in [0, 0.1) is 11.3 Å². The first-order valence-corrected chi connectivity index (χ1v) is 9.29. The Kier molecular flexibility index (Phi) is 3.31. The zero-order chi connectivity index (χ0) is 11.2. The molecule has 0 aromatic carbocycles. The molecule has 2 atom stereocenters. The summed E-state index contributed by atoms with van der Waals surface area (Å²) in [4.78, 5) is 11.1. The molecular formula is C10H11BrClInNO. The molecule has 15 heavy (non-hydrogen) atoms. The van der Waals surface area contributed by atoms with E-state index in [9.17, 15) is 4.79 Å². The van der Waals surface area contributed by atoms with Gasteiger partial charge in [0.1, 0.15) is 0 Å². The fraction of sp³-hybridized carbons (Fsp3) is 0.500. The van der Waals surface area contributed by atoms with Gasteiger partial charge in [-0.2, -0.15) is 0 Å². The van der Waals surface area contributed by atoms with Crippen LogP contribution in [0.15, 0.2) is 16.7 Å². The Morgan fingerprint density at radius 2 is 2.53 bits per heavy atom. The van der Waals surface area contributed by atoms with Crippen LogP contribution in [0.2, 0.25) is 0 Å². The molecule has 0 aromatic rings. The van der Waals surface area contributed by atoms with E-state index in [0.717, 1.165) is 20.1 Å². The second-order valence-corrected chi connectivity index (χ2v) is 11.5. The van der Waals surface area contributed by atoms with Gasteiger partial charge in [0.05, 0.1) is 0 Å². The summed E-state index contributed by atoms with van der Waals surface area (Å²) in [5, 5.41) is 0. The molecule has 1 saturated carbocycles. The van der Waals surface area contributed by atoms with E-state index in [-0.39, 0.29) is 17.2 Å². The van der Waals surface area contributed by atoms with Gasteiger partial charge in [-0.05, 0) is 0 Å². The number of rotatable bonds is 3. The van der Waals surface area contributed by atoms with Gasteiger partial charge in [0.15, 0.2) is 0 Å². The number of hydrogen-bond donors (Lipinski definition) is 1. The van der Waals surface area contributed by atoms with E-state index in [1.807, 2.05) is 6.08 Å². The SMILES string of the molecule is CC1(C[C]2=C(Br)C=[C](Cl)[In]2)CC1C(N)=O. The van der Waals surface area contributed by atoms with Crippen LogP contribution >= 0.6 is 27.5 Å². The van der Waals surface area contributed by atoms with E-state index in [0.29, 0.717) is 0 Å². The fourth-order valence-corrected chi connectivity index (χ4v) is 9.00. The second-order valence-electron chi connectivity index (χ2n) is 4.54. The van der Waals surface area contributed by atoms with Gasteiger partial charge in [0.25, 0.3) is 0 Å². The number of hydrogen-bond acceptors (Lipinski definition) is 1. The van der Waals surface area contributed by atoms with Crippen LogP contribution in [0.5, 0.6) is 0 Å². The summed E-state index contributed by atoms with van der Waals surface area (Å²) in [6.07, 6.45) is 3.95. The minimum atomic E-state index is -0.907. The number of halogens is 2. The predicted molar refractivity (Wildman–Crippen MR) is 65.7 cm³/mol. The Balaban J connectivity index is 2.01. The van der Waals surface area contributed by atoms with Crippen molar-refractivity contribution in [3.8, 4) is 0 Å². The zero-order valence-electron chi connectivity index (χ0n) is 8.39. The van der Waals surface area contributed by atoms with Crippen molar-refractivity contribution in [1.82, 2.24) is 0 Å². The molecule has 1 fully saturated rings. The second kappa shape index (κ2) is 4.11. The Hall–Kier alpha value is 0.590. The summed E-state index contributed by atoms with van der Waals surface area (Å²) >= 11 is 8.66. The summed E-state index contributed by atoms with van der Waals surface area (Å²) in [5.74, 6) is -0.0772. The molecule has 0 saturated heterocycles. The van der Waals surface area contributed by atoms with Crippen LogP contribution in [-0.4, -0.2) is 28.8 Å². The molecule has 2 aliphatic rings. The van der Waals surface area contributed by atoms with E-state index >= 15 is 0 Å². The third-order valence-electron chi connectivity index (χ3n) is 3.17. The van der Waals surface area contributed by atoms with E-state index in [4.69, 9.17) is 17.3 Å². The van der Waals surface area contributed by atoms with Gasteiger partial charge in [-0.15, -0.1) is 0 Å². The summed E-state index contributed by atoms with van der Waals surface area (Å²) < 4.78 is 3.68. The van der Waals surface area contributed by atoms with Crippen LogP contribution in [-0.2, 0) is 4.79 Å². The molecular weight excluding hydrogens is 380 g/mol. The van der Waals surface area contributed by atoms with Crippen molar-refractivity contribution in [2.24, 2.45) is 17.1 Å². The monoisotopic (exact) mass is 390 g/mol. The number of carbonyl (C=O) groups excluding carboxylic acids is 1. The quantitative estimate of drug-likeness (QED) is 0.788. The predicted octanol–water partition coefficient (Wildman–Crippen LogP) is 2.29. The van der Waals surface area contributed by atoms with Crippen molar-refractivity contribution < 1.29 is 4.79 Å². The molecule has 0 spiro atoms. The molecule has 1 aliphatic carbocycles. The summed E-state index contributed by atoms with van der Waals surface area (Å²) in [7, 11) is 0. The molecule has 0 bridgehead atoms. The maximum absolute atomic E-state index is 11.1. The average Bonchev–Trinajstić information content (AvgIpc) is 2.66. The number of carbonyl (C=O) groups is 1. The molecule has 2 nitrogen and oxygen atoms in total. The van der Waals surface area contributed by atoms with Gasteiger partial charge >= 0.3 is 115 Å². The van der Waals surface area contributed by atoms with Crippen molar-refractivity contribution in [1.29, 1.82) is 0 Å². The summed E-state index contributed by atoms with van der Waals surface area (Å²) in [5.41, 5.74) is 5.43. The molecule has 1 radical (unpaired) electrons. The van der Waals surface area contributed by atoms with Crippen LogP contribution in [0.3, 0.4) is 0 Å². The molecule has 2 rings (SSSR count). The molecule has 79 valence electrons. The normalized spacial score (nSPS) is 33.8. The Morgan fingerprint density at radius 1 is 1.87 bits per heavy atom. The summed E-state index contributed by atoms with van der Waals surface area (Å²) in [6.45, 7) is 2.14. The third kappa shape index (κ3) is 2.47. The van der Waals surface area contributed by atoms with Gasteiger partial charge in [0, 0.05) is 0 Å². The van der Waals surface area contributed by atoms with Crippen LogP contribution in [0.4, 0.5) is 0 Å². The van der Waals surface area contributed by atoms with E-state index < -0.39 is 22.9 Å². The van der Waals surface area contributed by atoms with Crippen molar-refractivity contribution in [3.05, 3.63) is 16.7 Å². The van der Waals surface area contributed by atoms with Crippen LogP contribution in [0.25, 0.3) is 0 Å². The average molecular weight is 391 g/mol. The van der Waals surface area contributed by atoms with E-state index in [2.05, 4.69) is 22.9 Å². The van der Waals surface area contributed by atoms with E-state index in [1.165, 1.54) is 3.33 Å². The van der Waals surface area contributed by atoms with Gasteiger partial charge in [0.2, 0.25) is 0 Å². The Bertz CT molecular complexity index is 393. The number of amides is 1. The van der Waals surface area contributed by atoms with Crippen LogP contribution < -0.4 is 5.73 Å². The summed E-state index contributed by atoms with van der Waals surface area (Å²) in [6, 6.07) is 0. The van der Waals surface area contributed by atoms with E-state index in [1.54, 1.807) is 0 Å². The van der Waals surface area contributed by atoms with Gasteiger partial charge in [-0.1, -0.05) is 0 Å². The number of primary amides is 1. The molecule has 1 aliphatic heterocycles. The number of nitrogens with two attached hydrogens (primary N) is 1. The van der Waals surface area contributed by atoms with Gasteiger partial charge in [-0.3, -0.25) is 0 Å². The first kappa shape index (κ1) is 12.1. The van der Waals surface area contributed by atoms with Crippen molar-refractivity contribution in [2.75, 3.05) is 0 Å². The topological polar surface area (TPSA) is 43.1 Å². The van der Waals surface area contributed by atoms with Gasteiger partial charge in [-0.25, -0.2) is 0 Å². The molecule has 2 unspecified atom stereocenters. The fourth-order valence-electron chi connectivity index (χ4n) is 2.11. The number of allylic oxidation sites excluding steroid dienone is 3. The van der Waals surface area contributed by atoms with Crippen LogP contribution in [0.1, 0.15) is 19.8 Å². The van der Waals surface area contributed by atoms with Crippen molar-refractivity contribution >= 4 is 56.3 Å². The molecule has 2 N–H and O–H groups in total. The molecule has 0 aromatic heterocycles. The Labute approximate surface area is 114 Å². The molecule has 5 heteroatoms. The third-order valence-corrected chi connectivity index (χ3v) is 9.69. The molecule has 1 heterocycles. The van der Waals surface area contributed by atoms with Crippen molar-refractivity contribution in [2.45, 2.75) is 19.8 Å². The first-order valence-electron chi connectivity index (χ1n) is 4.82. The van der Waals surface area contributed by atoms with Crippen molar-refractivity contribution in [3.63, 3.8) is 0 Å². The first-order chi connectivity index (χ1) is 6.92. The maximum atomic E-state index is 11.1. The molecule has 1 amide bonds. The Morgan fingerprint density at radius 3 is 2.93 bits per heavy atom. The zero-order valence-corrected chi connectivity index (χ0v) is 14.0. The standard InChI is InChI=1S/C10H11BrClNO.In/c1-10(6-8(10)9(13)14)4-2-7(11)3-5-12;/h3,8H,4,6H2,1H3,(H2,13,14);. The minimum absolute atomic E-state index is 0.0764. The van der Waals surface area contributed by atoms with Gasteiger partial charge < -0.3 is 0 Å².